The van der Waals surface area contributed by atoms with E-state index in [0.29, 0.717) is 17.4 Å². The van der Waals surface area contributed by atoms with E-state index >= 15 is 0 Å². The number of fused-ring (bicyclic) bond motifs is 3. The molecule has 0 radical (unpaired) electrons. The van der Waals surface area contributed by atoms with Gasteiger partial charge in [-0.05, 0) is 41.7 Å². The van der Waals surface area contributed by atoms with Crippen LogP contribution in [-0.4, -0.2) is 12.0 Å². The second kappa shape index (κ2) is 6.19. The maximum absolute atomic E-state index is 11.6. The fraction of sp³-hybridized carbons (Fsp3) is 0.263. The average Bonchev–Trinajstić information content (AvgIpc) is 3.10. The average molecular weight is 401 g/mol. The minimum atomic E-state index is -0.341. The molecule has 0 spiro atoms. The first-order chi connectivity index (χ1) is 12.1. The van der Waals surface area contributed by atoms with Crippen molar-refractivity contribution in [3.05, 3.63) is 74.3 Å². The van der Waals surface area contributed by atoms with Crippen LogP contribution in [0.1, 0.15) is 29.5 Å². The number of rotatable bonds is 3. The molecule has 0 saturated carbocycles. The third kappa shape index (κ3) is 2.70. The number of hydrogen-bond acceptors (Lipinski definition) is 4. The number of nitro benzene ring substituents is 1. The molecule has 0 saturated heterocycles. The largest absolute Gasteiger partial charge is 0.496 e. The predicted octanol–water partition coefficient (Wildman–Crippen LogP) is 5.19. The van der Waals surface area contributed by atoms with E-state index in [1.807, 2.05) is 18.2 Å². The smallest absolute Gasteiger partial charge is 0.296 e. The van der Waals surface area contributed by atoms with Crippen LogP contribution in [0.25, 0.3) is 0 Å². The van der Waals surface area contributed by atoms with Crippen molar-refractivity contribution < 1.29 is 9.66 Å². The maximum Gasteiger partial charge on any atom is 0.296 e. The zero-order valence-electron chi connectivity index (χ0n) is 13.6. The zero-order valence-corrected chi connectivity index (χ0v) is 15.2. The molecular weight excluding hydrogens is 384 g/mol. The predicted molar refractivity (Wildman–Crippen MR) is 100 cm³/mol. The molecule has 6 heteroatoms. The maximum atomic E-state index is 11.6. The first-order valence-electron chi connectivity index (χ1n) is 8.13. The summed E-state index contributed by atoms with van der Waals surface area (Å²) in [5.74, 6) is 1.01. The quantitative estimate of drug-likeness (QED) is 0.437. The molecule has 0 aromatic heterocycles. The third-order valence-corrected chi connectivity index (χ3v) is 5.61. The number of methoxy groups -OCH3 is 1. The number of nitro groups is 1. The molecule has 0 bridgehead atoms. The normalized spacial score (nSPS) is 23.5. The van der Waals surface area contributed by atoms with Crippen LogP contribution in [0.3, 0.4) is 0 Å². The summed E-state index contributed by atoms with van der Waals surface area (Å²) >= 11 is 3.46. The molecule has 1 aliphatic carbocycles. The summed E-state index contributed by atoms with van der Waals surface area (Å²) in [6.45, 7) is 0. The van der Waals surface area contributed by atoms with Gasteiger partial charge in [-0.15, -0.1) is 0 Å². The molecule has 0 fully saturated rings. The van der Waals surface area contributed by atoms with Crippen LogP contribution in [-0.2, 0) is 0 Å². The lowest BCUT2D eigenvalue weighted by atomic mass is 9.76. The summed E-state index contributed by atoms with van der Waals surface area (Å²) in [5, 5.41) is 15.1. The molecule has 1 heterocycles. The Morgan fingerprint density at radius 1 is 1.28 bits per heavy atom. The molecule has 2 aromatic rings. The van der Waals surface area contributed by atoms with Crippen LogP contribution >= 0.6 is 15.9 Å². The summed E-state index contributed by atoms with van der Waals surface area (Å²) in [6.07, 6.45) is 5.28. The van der Waals surface area contributed by atoms with Crippen molar-refractivity contribution in [2.45, 2.75) is 18.4 Å². The Labute approximate surface area is 154 Å². The van der Waals surface area contributed by atoms with Crippen LogP contribution in [0.2, 0.25) is 0 Å². The van der Waals surface area contributed by atoms with Crippen molar-refractivity contribution in [3.63, 3.8) is 0 Å². The highest BCUT2D eigenvalue weighted by Gasteiger charge is 2.41. The Balaban J connectivity index is 1.85. The molecule has 25 heavy (non-hydrogen) atoms. The van der Waals surface area contributed by atoms with Crippen molar-refractivity contribution in [1.82, 2.24) is 0 Å². The van der Waals surface area contributed by atoms with Crippen LogP contribution in [0.4, 0.5) is 11.4 Å². The molecule has 4 rings (SSSR count). The highest BCUT2D eigenvalue weighted by atomic mass is 79.9. The summed E-state index contributed by atoms with van der Waals surface area (Å²) < 4.78 is 6.30. The van der Waals surface area contributed by atoms with Gasteiger partial charge in [0.15, 0.2) is 0 Å². The van der Waals surface area contributed by atoms with Crippen LogP contribution < -0.4 is 10.1 Å². The molecule has 5 nitrogen and oxygen atoms in total. The van der Waals surface area contributed by atoms with Crippen molar-refractivity contribution in [1.29, 1.82) is 0 Å². The van der Waals surface area contributed by atoms with Crippen LogP contribution in [0.5, 0.6) is 5.75 Å². The standard InChI is InChI=1S/C19H17BrN2O3/c1-25-13-9-16-14-3-2-4-15(14)18(11-5-7-12(20)8-6-11)21-19(16)17(10-13)22(23)24/h2-3,5-10,14-15,18,21H,4H2,1H3/t14-,15+,18-/m0/s1. The molecule has 0 amide bonds. The second-order valence-corrected chi connectivity index (χ2v) is 7.31. The van der Waals surface area contributed by atoms with Gasteiger partial charge >= 0.3 is 0 Å². The summed E-state index contributed by atoms with van der Waals surface area (Å²) in [6, 6.07) is 11.6. The number of nitrogens with one attached hydrogen (secondary N) is 1. The fourth-order valence-corrected chi connectivity index (χ4v) is 4.18. The highest BCUT2D eigenvalue weighted by Crippen LogP contribution is 2.53. The highest BCUT2D eigenvalue weighted by molar-refractivity contribution is 9.10. The number of benzene rings is 2. The Morgan fingerprint density at radius 2 is 2.04 bits per heavy atom. The van der Waals surface area contributed by atoms with Crippen molar-refractivity contribution in [2.75, 3.05) is 12.4 Å². The van der Waals surface area contributed by atoms with Gasteiger partial charge in [0.2, 0.25) is 0 Å². The molecule has 2 aliphatic rings. The second-order valence-electron chi connectivity index (χ2n) is 6.39. The van der Waals surface area contributed by atoms with Gasteiger partial charge in [0.25, 0.3) is 5.69 Å². The molecule has 128 valence electrons. The van der Waals surface area contributed by atoms with Gasteiger partial charge < -0.3 is 10.1 Å². The van der Waals surface area contributed by atoms with Gasteiger partial charge in [-0.25, -0.2) is 0 Å². The van der Waals surface area contributed by atoms with Crippen molar-refractivity contribution in [2.24, 2.45) is 5.92 Å². The number of nitrogens with zero attached hydrogens (tertiary/aromatic N) is 1. The Hall–Kier alpha value is -2.34. The molecule has 1 aliphatic heterocycles. The number of ether oxygens (including phenoxy) is 1. The van der Waals surface area contributed by atoms with E-state index < -0.39 is 0 Å². The van der Waals surface area contributed by atoms with E-state index in [-0.39, 0.29) is 22.6 Å². The lowest BCUT2D eigenvalue weighted by Crippen LogP contribution is -2.29. The Kier molecular flexibility index (Phi) is 4.00. The third-order valence-electron chi connectivity index (χ3n) is 5.08. The fourth-order valence-electron chi connectivity index (χ4n) is 3.92. The van der Waals surface area contributed by atoms with Gasteiger partial charge in [0, 0.05) is 10.4 Å². The molecule has 2 aromatic carbocycles. The van der Waals surface area contributed by atoms with E-state index in [2.05, 4.69) is 45.5 Å². The van der Waals surface area contributed by atoms with E-state index in [4.69, 9.17) is 4.74 Å². The van der Waals surface area contributed by atoms with E-state index in [9.17, 15) is 10.1 Å². The molecule has 1 N–H and O–H groups in total. The topological polar surface area (TPSA) is 64.4 Å². The number of hydrogen-bond donors (Lipinski definition) is 1. The first kappa shape index (κ1) is 16.1. The summed E-state index contributed by atoms with van der Waals surface area (Å²) in [4.78, 5) is 11.3. The van der Waals surface area contributed by atoms with Crippen LogP contribution in [0.15, 0.2) is 53.0 Å². The van der Waals surface area contributed by atoms with Gasteiger partial charge in [-0.2, -0.15) is 0 Å². The van der Waals surface area contributed by atoms with E-state index in [1.165, 1.54) is 13.2 Å². The van der Waals surface area contributed by atoms with Gasteiger partial charge in [-0.3, -0.25) is 10.1 Å². The summed E-state index contributed by atoms with van der Waals surface area (Å²) in [5.41, 5.74) is 2.75. The molecular formula is C19H17BrN2O3. The number of allylic oxidation sites excluding steroid dienone is 2. The minimum Gasteiger partial charge on any atom is -0.496 e. The van der Waals surface area contributed by atoms with E-state index in [0.717, 1.165) is 22.0 Å². The van der Waals surface area contributed by atoms with Gasteiger partial charge in [0.1, 0.15) is 11.4 Å². The van der Waals surface area contributed by atoms with E-state index in [1.54, 1.807) is 0 Å². The lowest BCUT2D eigenvalue weighted by Gasteiger charge is -2.37. The SMILES string of the molecule is COc1cc2c(c([N+](=O)[O-])c1)N[C@@H](c1ccc(Br)cc1)[C@@H]1CC=C[C@H]21. The van der Waals surface area contributed by atoms with Crippen molar-refractivity contribution in [3.8, 4) is 5.75 Å². The minimum absolute atomic E-state index is 0.0349. The monoisotopic (exact) mass is 400 g/mol. The first-order valence-corrected chi connectivity index (χ1v) is 8.93. The van der Waals surface area contributed by atoms with Crippen molar-refractivity contribution >= 4 is 27.3 Å². The zero-order chi connectivity index (χ0) is 17.6. The number of halogens is 1. The van der Waals surface area contributed by atoms with Gasteiger partial charge in [0.05, 0.1) is 24.1 Å². The number of anilines is 1. The Morgan fingerprint density at radius 3 is 2.72 bits per heavy atom. The summed E-state index contributed by atoms with van der Waals surface area (Å²) in [7, 11) is 1.54. The lowest BCUT2D eigenvalue weighted by molar-refractivity contribution is -0.384. The molecule has 0 unspecified atom stereocenters. The van der Waals surface area contributed by atoms with Gasteiger partial charge in [-0.1, -0.05) is 40.2 Å². The van der Waals surface area contributed by atoms with Crippen LogP contribution in [0, 0.1) is 16.0 Å². The molecule has 3 atom stereocenters. The Bertz CT molecular complexity index is 864.